The average Bonchev–Trinajstić information content (AvgIpc) is 3.22. The number of aliphatic imine (C=N–C) groups is 1. The van der Waals surface area contributed by atoms with Gasteiger partial charge in [-0.3, -0.25) is 19.6 Å². The van der Waals surface area contributed by atoms with Gasteiger partial charge in [0, 0.05) is 43.1 Å². The van der Waals surface area contributed by atoms with Crippen LogP contribution in [0.3, 0.4) is 0 Å². The zero-order valence-corrected chi connectivity index (χ0v) is 18.9. The smallest absolute Gasteiger partial charge is 0.259 e. The molecule has 1 aromatic carbocycles. The fraction of sp³-hybridized carbons (Fsp3) is 0.417. The van der Waals surface area contributed by atoms with Crippen molar-refractivity contribution in [3.8, 4) is 0 Å². The minimum Gasteiger partial charge on any atom is -0.314 e. The van der Waals surface area contributed by atoms with Gasteiger partial charge in [-0.1, -0.05) is 58.4 Å². The topological polar surface area (TPSA) is 39.2 Å². The molecule has 0 radical (unpaired) electrons. The average molecular weight is 467 g/mol. The van der Waals surface area contributed by atoms with Gasteiger partial charge in [0.05, 0.1) is 18.7 Å². The van der Waals surface area contributed by atoms with Crippen LogP contribution < -0.4 is 0 Å². The molecule has 0 saturated carbocycles. The van der Waals surface area contributed by atoms with Crippen molar-refractivity contribution in [1.29, 1.82) is 0 Å². The lowest BCUT2D eigenvalue weighted by Crippen LogP contribution is -2.54. The highest BCUT2D eigenvalue weighted by molar-refractivity contribution is 9.09. The van der Waals surface area contributed by atoms with E-state index in [9.17, 15) is 4.79 Å². The Kier molecular flexibility index (Phi) is 5.37. The van der Waals surface area contributed by atoms with Crippen LogP contribution in [-0.4, -0.2) is 64.1 Å². The lowest BCUT2D eigenvalue weighted by molar-refractivity contribution is -0.125. The van der Waals surface area contributed by atoms with Gasteiger partial charge in [-0.2, -0.15) is 0 Å². The van der Waals surface area contributed by atoms with E-state index in [1.165, 1.54) is 22.4 Å². The van der Waals surface area contributed by atoms with Crippen LogP contribution in [0.4, 0.5) is 0 Å². The molecule has 156 valence electrons. The van der Waals surface area contributed by atoms with Crippen LogP contribution >= 0.6 is 15.9 Å². The van der Waals surface area contributed by atoms with Gasteiger partial charge >= 0.3 is 0 Å². The molecule has 4 aliphatic rings. The number of benzene rings is 1. The summed E-state index contributed by atoms with van der Waals surface area (Å²) in [6.45, 7) is 6.90. The van der Waals surface area contributed by atoms with Crippen LogP contribution in [-0.2, 0) is 11.3 Å². The first-order valence-corrected chi connectivity index (χ1v) is 11.7. The number of aryl methyl sites for hydroxylation is 1. The molecule has 5 nitrogen and oxygen atoms in total. The van der Waals surface area contributed by atoms with Crippen molar-refractivity contribution in [2.45, 2.75) is 31.1 Å². The van der Waals surface area contributed by atoms with Crippen LogP contribution in [0.1, 0.15) is 24.0 Å². The molecule has 0 spiro atoms. The molecule has 1 amide bonds. The number of carbonyl (C=O) groups is 1. The second-order valence-corrected chi connectivity index (χ2v) is 9.61. The summed E-state index contributed by atoms with van der Waals surface area (Å²) in [7, 11) is 0. The molecule has 0 saturated heterocycles. The van der Waals surface area contributed by atoms with Crippen molar-refractivity contribution < 1.29 is 4.79 Å². The van der Waals surface area contributed by atoms with Crippen LogP contribution in [0.15, 0.2) is 64.3 Å². The number of hydrogen-bond acceptors (Lipinski definition) is 4. The number of fused-ring (bicyclic) bond motifs is 2. The van der Waals surface area contributed by atoms with Crippen LogP contribution in [0, 0.1) is 6.92 Å². The summed E-state index contributed by atoms with van der Waals surface area (Å²) in [5.74, 6) is 0.969. The number of carbonyl (C=O) groups excluding carboxylic acids is 1. The predicted molar refractivity (Wildman–Crippen MR) is 123 cm³/mol. The van der Waals surface area contributed by atoms with E-state index in [1.54, 1.807) is 0 Å². The van der Waals surface area contributed by atoms with Crippen molar-refractivity contribution >= 4 is 27.8 Å². The van der Waals surface area contributed by atoms with Crippen molar-refractivity contribution in [3.63, 3.8) is 0 Å². The summed E-state index contributed by atoms with van der Waals surface area (Å²) in [5.41, 5.74) is 5.86. The number of alkyl halides is 1. The van der Waals surface area contributed by atoms with Gasteiger partial charge in [-0.25, -0.2) is 0 Å². The molecule has 0 bridgehead atoms. The molecule has 0 N–H and O–H groups in total. The summed E-state index contributed by atoms with van der Waals surface area (Å²) in [4.78, 5) is 25.3. The molecule has 30 heavy (non-hydrogen) atoms. The number of amides is 1. The van der Waals surface area contributed by atoms with Gasteiger partial charge in [0.15, 0.2) is 0 Å². The summed E-state index contributed by atoms with van der Waals surface area (Å²) in [6.07, 6.45) is 8.70. The van der Waals surface area contributed by atoms with E-state index in [0.717, 1.165) is 50.6 Å². The lowest BCUT2D eigenvalue weighted by Gasteiger charge is -2.42. The summed E-state index contributed by atoms with van der Waals surface area (Å²) in [6, 6.07) is 8.30. The normalized spacial score (nSPS) is 24.1. The Balaban J connectivity index is 1.39. The van der Waals surface area contributed by atoms with Crippen LogP contribution in [0.5, 0.6) is 0 Å². The molecule has 1 atom stereocenters. The Morgan fingerprint density at radius 3 is 2.90 bits per heavy atom. The molecule has 1 unspecified atom stereocenters. The minimum atomic E-state index is 0.126. The zero-order valence-electron chi connectivity index (χ0n) is 17.4. The highest BCUT2D eigenvalue weighted by Crippen LogP contribution is 2.32. The summed E-state index contributed by atoms with van der Waals surface area (Å²) < 4.78 is 0. The van der Waals surface area contributed by atoms with Crippen LogP contribution in [0.2, 0.25) is 0 Å². The Morgan fingerprint density at radius 2 is 2.07 bits per heavy atom. The van der Waals surface area contributed by atoms with E-state index in [2.05, 4.69) is 63.0 Å². The van der Waals surface area contributed by atoms with Gasteiger partial charge < -0.3 is 4.90 Å². The summed E-state index contributed by atoms with van der Waals surface area (Å²) >= 11 is 3.70. The quantitative estimate of drug-likeness (QED) is 0.636. The third-order valence-corrected chi connectivity index (χ3v) is 7.01. The summed E-state index contributed by atoms with van der Waals surface area (Å²) in [5, 5.41) is 0. The molecular weight excluding hydrogens is 440 g/mol. The van der Waals surface area contributed by atoms with Crippen LogP contribution in [0.25, 0.3) is 0 Å². The third kappa shape index (κ3) is 3.67. The maximum atomic E-state index is 13.6. The number of hydrogen-bond donors (Lipinski definition) is 0. The van der Waals surface area contributed by atoms with E-state index in [4.69, 9.17) is 4.99 Å². The number of allylic oxidation sites excluding steroid dienone is 2. The molecule has 5 rings (SSSR count). The molecule has 1 aliphatic carbocycles. The molecule has 6 heteroatoms. The second kappa shape index (κ2) is 8.16. The fourth-order valence-electron chi connectivity index (χ4n) is 4.78. The maximum absolute atomic E-state index is 13.6. The zero-order chi connectivity index (χ0) is 20.7. The Hall–Kier alpha value is -2.18. The molecule has 3 heterocycles. The molecule has 1 aromatic rings. The van der Waals surface area contributed by atoms with E-state index in [0.29, 0.717) is 17.9 Å². The number of guanidine groups is 1. The van der Waals surface area contributed by atoms with E-state index in [-0.39, 0.29) is 5.91 Å². The van der Waals surface area contributed by atoms with Gasteiger partial charge in [-0.05, 0) is 30.0 Å². The van der Waals surface area contributed by atoms with Crippen molar-refractivity contribution in [2.75, 3.05) is 32.7 Å². The first kappa shape index (κ1) is 19.8. The second-order valence-electron chi connectivity index (χ2n) is 8.43. The monoisotopic (exact) mass is 466 g/mol. The van der Waals surface area contributed by atoms with Crippen molar-refractivity contribution in [2.24, 2.45) is 4.99 Å². The van der Waals surface area contributed by atoms with Gasteiger partial charge in [0.2, 0.25) is 5.96 Å². The highest BCUT2D eigenvalue weighted by atomic mass is 79.9. The third-order valence-electron chi connectivity index (χ3n) is 6.37. The van der Waals surface area contributed by atoms with Crippen molar-refractivity contribution in [1.82, 2.24) is 14.7 Å². The Morgan fingerprint density at radius 1 is 1.20 bits per heavy atom. The Bertz CT molecular complexity index is 993. The SMILES string of the molecule is Cc1ccccc1CN1C(=O)C2=C(CCN(CC3=CC(Br)CC=C3)C2)N2CCN=C12. The van der Waals surface area contributed by atoms with E-state index < -0.39 is 0 Å². The lowest BCUT2D eigenvalue weighted by atomic mass is 9.99. The fourth-order valence-corrected chi connectivity index (χ4v) is 5.33. The molecule has 0 aromatic heterocycles. The first-order chi connectivity index (χ1) is 14.6. The van der Waals surface area contributed by atoms with Gasteiger partial charge in [-0.15, -0.1) is 0 Å². The van der Waals surface area contributed by atoms with E-state index in [1.807, 2.05) is 17.0 Å². The van der Waals surface area contributed by atoms with Crippen molar-refractivity contribution in [3.05, 3.63) is 70.5 Å². The standard InChI is InChI=1S/C24H27BrN4O/c1-17-5-2-3-7-19(17)15-29-23(30)21-16-27(14-18-6-4-8-20(25)13-18)11-9-22(21)28-12-10-26-24(28)29/h2-7,13,20H,8-12,14-16H2,1H3. The number of halogens is 1. The number of rotatable bonds is 4. The van der Waals surface area contributed by atoms with E-state index >= 15 is 0 Å². The van der Waals surface area contributed by atoms with Gasteiger partial charge in [0.25, 0.3) is 5.91 Å². The largest absolute Gasteiger partial charge is 0.314 e. The molecular formula is C24H27BrN4O. The molecule has 0 fully saturated rings. The Labute approximate surface area is 186 Å². The maximum Gasteiger partial charge on any atom is 0.259 e. The molecule has 3 aliphatic heterocycles. The number of nitrogens with zero attached hydrogens (tertiary/aromatic N) is 4. The first-order valence-electron chi connectivity index (χ1n) is 10.7. The van der Waals surface area contributed by atoms with Gasteiger partial charge in [0.1, 0.15) is 0 Å². The minimum absolute atomic E-state index is 0.126. The highest BCUT2D eigenvalue weighted by Gasteiger charge is 2.41. The predicted octanol–water partition coefficient (Wildman–Crippen LogP) is 3.62.